The lowest BCUT2D eigenvalue weighted by molar-refractivity contribution is 0.185. The van der Waals surface area contributed by atoms with Gasteiger partial charge in [-0.3, -0.25) is 5.43 Å². The lowest BCUT2D eigenvalue weighted by Gasteiger charge is -2.10. The Kier molecular flexibility index (Phi) is 5.10. The predicted octanol–water partition coefficient (Wildman–Crippen LogP) is 0.394. The molecule has 4 N–H and O–H groups in total. The van der Waals surface area contributed by atoms with E-state index in [4.69, 9.17) is 15.3 Å². The van der Waals surface area contributed by atoms with Crippen LogP contribution in [0.15, 0.2) is 0 Å². The summed E-state index contributed by atoms with van der Waals surface area (Å²) in [6, 6.07) is 0.261. The second-order valence-electron chi connectivity index (χ2n) is 4.29. The fourth-order valence-electron chi connectivity index (χ4n) is 1.89. The summed E-state index contributed by atoms with van der Waals surface area (Å²) >= 11 is 0. The van der Waals surface area contributed by atoms with E-state index in [2.05, 4.69) is 25.7 Å². The predicted molar refractivity (Wildman–Crippen MR) is 70.8 cm³/mol. The standard InChI is InChI=1S/C11H20N6O2/c1-2-19-11-15-9(14-10(16-11)17-12)13-5-3-8-4-6-18-7-8/h8H,2-7,12H2,1H3,(H2,13,14,15,16,17). The molecule has 0 aromatic carbocycles. The van der Waals surface area contributed by atoms with E-state index in [0.29, 0.717) is 18.5 Å². The molecule has 0 saturated carbocycles. The van der Waals surface area contributed by atoms with Crippen molar-refractivity contribution in [3.63, 3.8) is 0 Å². The minimum absolute atomic E-state index is 0.261. The van der Waals surface area contributed by atoms with E-state index in [1.807, 2.05) is 6.92 Å². The van der Waals surface area contributed by atoms with Crippen molar-refractivity contribution in [2.24, 2.45) is 11.8 Å². The van der Waals surface area contributed by atoms with Crippen LogP contribution in [-0.2, 0) is 4.74 Å². The third-order valence-electron chi connectivity index (χ3n) is 2.88. The van der Waals surface area contributed by atoms with E-state index in [1.165, 1.54) is 0 Å². The molecule has 0 radical (unpaired) electrons. The first kappa shape index (κ1) is 13.8. The molecule has 2 heterocycles. The van der Waals surface area contributed by atoms with Gasteiger partial charge in [-0.1, -0.05) is 0 Å². The summed E-state index contributed by atoms with van der Waals surface area (Å²) in [6.45, 7) is 4.86. The largest absolute Gasteiger partial charge is 0.464 e. The topological polar surface area (TPSA) is 107 Å². The number of nitrogens with one attached hydrogen (secondary N) is 2. The average Bonchev–Trinajstić information content (AvgIpc) is 2.92. The maximum atomic E-state index is 5.33. The Balaban J connectivity index is 1.88. The van der Waals surface area contributed by atoms with Crippen LogP contribution in [0.3, 0.4) is 0 Å². The van der Waals surface area contributed by atoms with Crippen LogP contribution in [0.2, 0.25) is 0 Å². The van der Waals surface area contributed by atoms with E-state index < -0.39 is 0 Å². The first-order valence-corrected chi connectivity index (χ1v) is 6.49. The monoisotopic (exact) mass is 268 g/mol. The summed E-state index contributed by atoms with van der Waals surface area (Å²) in [5, 5.41) is 3.15. The molecule has 0 aliphatic carbocycles. The van der Waals surface area contributed by atoms with Crippen LogP contribution in [0.25, 0.3) is 0 Å². The minimum Gasteiger partial charge on any atom is -0.464 e. The summed E-state index contributed by atoms with van der Waals surface area (Å²) in [5.41, 5.74) is 2.40. The smallest absolute Gasteiger partial charge is 0.323 e. The molecular formula is C11H20N6O2. The number of hydrogen-bond acceptors (Lipinski definition) is 8. The molecule has 1 aromatic heterocycles. The minimum atomic E-state index is 0.261. The maximum Gasteiger partial charge on any atom is 0.323 e. The number of rotatable bonds is 7. The number of nitrogens with zero attached hydrogens (tertiary/aromatic N) is 3. The molecule has 1 atom stereocenters. The Labute approximate surface area is 112 Å². The Morgan fingerprint density at radius 3 is 2.89 bits per heavy atom. The fraction of sp³-hybridized carbons (Fsp3) is 0.727. The van der Waals surface area contributed by atoms with Gasteiger partial charge in [0, 0.05) is 19.8 Å². The zero-order valence-electron chi connectivity index (χ0n) is 11.1. The van der Waals surface area contributed by atoms with Gasteiger partial charge in [0.2, 0.25) is 11.9 Å². The number of aromatic nitrogens is 3. The lowest BCUT2D eigenvalue weighted by Crippen LogP contribution is -2.16. The van der Waals surface area contributed by atoms with Crippen LogP contribution in [0, 0.1) is 5.92 Å². The molecule has 0 amide bonds. The van der Waals surface area contributed by atoms with Crippen molar-refractivity contribution in [1.82, 2.24) is 15.0 Å². The van der Waals surface area contributed by atoms with Gasteiger partial charge in [-0.05, 0) is 25.7 Å². The fourth-order valence-corrected chi connectivity index (χ4v) is 1.89. The summed E-state index contributed by atoms with van der Waals surface area (Å²) < 4.78 is 10.6. The number of nitrogen functional groups attached to an aromatic ring is 1. The zero-order valence-corrected chi connectivity index (χ0v) is 11.1. The Morgan fingerprint density at radius 1 is 1.37 bits per heavy atom. The van der Waals surface area contributed by atoms with Gasteiger partial charge in [-0.2, -0.15) is 15.0 Å². The van der Waals surface area contributed by atoms with Crippen molar-refractivity contribution in [2.45, 2.75) is 19.8 Å². The molecule has 8 heteroatoms. The van der Waals surface area contributed by atoms with E-state index in [1.54, 1.807) is 0 Å². The van der Waals surface area contributed by atoms with Gasteiger partial charge >= 0.3 is 6.01 Å². The molecule has 0 bridgehead atoms. The molecule has 2 rings (SSSR count). The highest BCUT2D eigenvalue weighted by Crippen LogP contribution is 2.16. The number of anilines is 2. The van der Waals surface area contributed by atoms with E-state index in [0.717, 1.165) is 32.6 Å². The maximum absolute atomic E-state index is 5.33. The van der Waals surface area contributed by atoms with E-state index >= 15 is 0 Å². The van der Waals surface area contributed by atoms with Crippen LogP contribution < -0.4 is 21.3 Å². The van der Waals surface area contributed by atoms with Gasteiger partial charge in [-0.15, -0.1) is 0 Å². The molecule has 0 spiro atoms. The van der Waals surface area contributed by atoms with Gasteiger partial charge in [0.25, 0.3) is 0 Å². The van der Waals surface area contributed by atoms with Gasteiger partial charge in [-0.25, -0.2) is 5.84 Å². The second-order valence-corrected chi connectivity index (χ2v) is 4.29. The van der Waals surface area contributed by atoms with Crippen LogP contribution in [0.5, 0.6) is 6.01 Å². The molecule has 1 unspecified atom stereocenters. The van der Waals surface area contributed by atoms with Crippen molar-refractivity contribution in [3.05, 3.63) is 0 Å². The molecular weight excluding hydrogens is 248 g/mol. The molecule has 1 aliphatic heterocycles. The quantitative estimate of drug-likeness (QED) is 0.481. The van der Waals surface area contributed by atoms with Crippen molar-refractivity contribution >= 4 is 11.9 Å². The van der Waals surface area contributed by atoms with Crippen molar-refractivity contribution in [3.8, 4) is 6.01 Å². The van der Waals surface area contributed by atoms with Gasteiger partial charge in [0.05, 0.1) is 6.61 Å². The highest BCUT2D eigenvalue weighted by Gasteiger charge is 2.15. The van der Waals surface area contributed by atoms with Crippen LogP contribution in [0.4, 0.5) is 11.9 Å². The van der Waals surface area contributed by atoms with Gasteiger partial charge in [0.15, 0.2) is 0 Å². The van der Waals surface area contributed by atoms with E-state index in [-0.39, 0.29) is 12.0 Å². The molecule has 1 fully saturated rings. The SMILES string of the molecule is CCOc1nc(NN)nc(NCCC2CCOC2)n1. The van der Waals surface area contributed by atoms with Crippen LogP contribution in [-0.4, -0.2) is 41.3 Å². The number of hydrogen-bond donors (Lipinski definition) is 3. The Bertz CT molecular complexity index is 397. The molecule has 19 heavy (non-hydrogen) atoms. The number of nitrogens with two attached hydrogens (primary N) is 1. The highest BCUT2D eigenvalue weighted by atomic mass is 16.5. The third kappa shape index (κ3) is 4.18. The normalized spacial score (nSPS) is 18.3. The summed E-state index contributed by atoms with van der Waals surface area (Å²) in [4.78, 5) is 12.3. The third-order valence-corrected chi connectivity index (χ3v) is 2.88. The molecule has 1 aromatic rings. The molecule has 1 saturated heterocycles. The van der Waals surface area contributed by atoms with Crippen molar-refractivity contribution in [1.29, 1.82) is 0 Å². The van der Waals surface area contributed by atoms with Crippen molar-refractivity contribution in [2.75, 3.05) is 37.1 Å². The molecule has 106 valence electrons. The lowest BCUT2D eigenvalue weighted by atomic mass is 10.1. The molecule has 1 aliphatic rings. The zero-order chi connectivity index (χ0) is 13.5. The summed E-state index contributed by atoms with van der Waals surface area (Å²) in [7, 11) is 0. The Morgan fingerprint density at radius 2 is 2.21 bits per heavy atom. The summed E-state index contributed by atoms with van der Waals surface area (Å²) in [6.07, 6.45) is 2.15. The first-order valence-electron chi connectivity index (χ1n) is 6.49. The first-order chi connectivity index (χ1) is 9.31. The molecule has 8 nitrogen and oxygen atoms in total. The van der Waals surface area contributed by atoms with Crippen LogP contribution >= 0.6 is 0 Å². The van der Waals surface area contributed by atoms with Gasteiger partial charge < -0.3 is 14.8 Å². The number of ether oxygens (including phenoxy) is 2. The summed E-state index contributed by atoms with van der Waals surface area (Å²) in [5.74, 6) is 6.67. The highest BCUT2D eigenvalue weighted by molar-refractivity contribution is 5.34. The van der Waals surface area contributed by atoms with Crippen LogP contribution in [0.1, 0.15) is 19.8 Å². The average molecular weight is 268 g/mol. The second kappa shape index (κ2) is 7.05. The van der Waals surface area contributed by atoms with Gasteiger partial charge in [0.1, 0.15) is 0 Å². The van der Waals surface area contributed by atoms with Crippen molar-refractivity contribution < 1.29 is 9.47 Å². The van der Waals surface area contributed by atoms with E-state index in [9.17, 15) is 0 Å². The number of hydrazine groups is 1. The Hall–Kier alpha value is -1.67.